The van der Waals surface area contributed by atoms with Gasteiger partial charge in [-0.15, -0.1) is 0 Å². The molecule has 0 aromatic rings. The van der Waals surface area contributed by atoms with Crippen molar-refractivity contribution in [2.24, 2.45) is 0 Å². The van der Waals surface area contributed by atoms with Gasteiger partial charge in [0.1, 0.15) is 49.3 Å². The molecule has 2 aliphatic heterocycles. The van der Waals surface area contributed by atoms with Crippen LogP contribution >= 0.6 is 0 Å². The van der Waals surface area contributed by atoms with Gasteiger partial charge in [-0.1, -0.05) is 0 Å². The summed E-state index contributed by atoms with van der Waals surface area (Å²) in [6.07, 6.45) is -12.7. The van der Waals surface area contributed by atoms with Gasteiger partial charge in [0.05, 0.1) is 39.6 Å². The smallest absolute Gasteiger partial charge is 0.224 e. The highest BCUT2D eigenvalue weighted by atomic mass is 16.8. The Hall–Kier alpha value is -0.560. The third-order valence-electron chi connectivity index (χ3n) is 4.54. The van der Waals surface area contributed by atoms with Crippen LogP contribution in [0, 0.1) is 0 Å². The number of aliphatic hydroxyl groups is 10. The fourth-order valence-electron chi connectivity index (χ4n) is 2.86. The van der Waals surface area contributed by atoms with E-state index in [0.717, 1.165) is 0 Å². The third kappa shape index (κ3) is 6.47. The fourth-order valence-corrected chi connectivity index (χ4v) is 2.86. The lowest BCUT2D eigenvalue weighted by Crippen LogP contribution is -2.62. The predicted octanol–water partition coefficient (Wildman–Crippen LogP) is -6.41. The number of aliphatic hydroxyl groups excluding tert-OH is 10. The van der Waals surface area contributed by atoms with Crippen molar-refractivity contribution < 1.29 is 70.0 Å². The average molecular weight is 448 g/mol. The van der Waals surface area contributed by atoms with Crippen LogP contribution in [0.2, 0.25) is 0 Å². The molecule has 30 heavy (non-hydrogen) atoms. The van der Waals surface area contributed by atoms with Crippen LogP contribution in [0.25, 0.3) is 0 Å². The van der Waals surface area contributed by atoms with Crippen molar-refractivity contribution in [3.05, 3.63) is 0 Å². The van der Waals surface area contributed by atoms with Gasteiger partial charge in [0.25, 0.3) is 0 Å². The topological polar surface area (TPSA) is 239 Å². The molecule has 2 fully saturated rings. The summed E-state index contributed by atoms with van der Waals surface area (Å²) in [5.74, 6) is -2.22. The minimum absolute atomic E-state index is 0.0278. The molecule has 0 amide bonds. The Morgan fingerprint density at radius 3 is 1.70 bits per heavy atom. The van der Waals surface area contributed by atoms with Gasteiger partial charge in [0.2, 0.25) is 5.79 Å². The molecule has 0 aromatic carbocycles. The van der Waals surface area contributed by atoms with Gasteiger partial charge in [-0.05, 0) is 0 Å². The maximum absolute atomic E-state index is 10.00. The lowest BCUT2D eigenvalue weighted by Gasteiger charge is -2.43. The van der Waals surface area contributed by atoms with E-state index in [9.17, 15) is 30.6 Å². The molecule has 0 unspecified atom stereocenters. The van der Waals surface area contributed by atoms with Gasteiger partial charge in [-0.2, -0.15) is 0 Å². The summed E-state index contributed by atoms with van der Waals surface area (Å²) >= 11 is 0. The van der Waals surface area contributed by atoms with Gasteiger partial charge in [-0.25, -0.2) is 0 Å². The molecule has 2 rings (SSSR count). The van der Waals surface area contributed by atoms with Crippen LogP contribution < -0.4 is 0 Å². The van der Waals surface area contributed by atoms with E-state index >= 15 is 0 Å². The Kier molecular flexibility index (Phi) is 12.0. The predicted molar refractivity (Wildman–Crippen MR) is 93.6 cm³/mol. The van der Waals surface area contributed by atoms with E-state index in [-0.39, 0.29) is 13.2 Å². The highest BCUT2D eigenvalue weighted by Crippen LogP contribution is 2.35. The molecule has 0 aliphatic carbocycles. The minimum Gasteiger partial charge on any atom is -0.394 e. The number of ether oxygens (including phenoxy) is 4. The van der Waals surface area contributed by atoms with Crippen LogP contribution in [-0.4, -0.2) is 152 Å². The summed E-state index contributed by atoms with van der Waals surface area (Å²) in [5, 5.41) is 92.8. The Labute approximate surface area is 172 Å². The third-order valence-corrected chi connectivity index (χ3v) is 4.54. The van der Waals surface area contributed by atoms with E-state index in [4.69, 9.17) is 34.6 Å². The molecule has 180 valence electrons. The highest BCUT2D eigenvalue weighted by Gasteiger charge is 2.58. The van der Waals surface area contributed by atoms with Crippen LogP contribution in [-0.2, 0) is 18.9 Å². The Balaban J connectivity index is 0.000000553. The standard InChI is InChI=1S/C12H22O11.C4H10O3/c13-1-4-6(16)8(18)9(19)11(21-4)23-12(3-15)10(20)7(17)5(2-14)22-12;5-1-3-7-4-2-6/h4-11,13-20H,1-3H2;5-6H,1-4H2/t4-,5-,6-,7-,8+,9-,10+,11-,12+;/m1./s1. The molecule has 14 heteroatoms. The molecule has 2 saturated heterocycles. The maximum atomic E-state index is 10.00. The van der Waals surface area contributed by atoms with Crippen LogP contribution in [0.5, 0.6) is 0 Å². The Bertz CT molecular complexity index is 463. The van der Waals surface area contributed by atoms with Gasteiger partial charge < -0.3 is 70.0 Å². The molecule has 14 nitrogen and oxygen atoms in total. The highest BCUT2D eigenvalue weighted by molar-refractivity contribution is 4.98. The van der Waals surface area contributed by atoms with Crippen molar-refractivity contribution in [3.8, 4) is 0 Å². The second-order valence-corrected chi connectivity index (χ2v) is 6.62. The monoisotopic (exact) mass is 448 g/mol. The van der Waals surface area contributed by atoms with E-state index in [2.05, 4.69) is 4.74 Å². The van der Waals surface area contributed by atoms with Crippen molar-refractivity contribution in [2.75, 3.05) is 46.2 Å². The number of hydrogen-bond donors (Lipinski definition) is 10. The van der Waals surface area contributed by atoms with Crippen LogP contribution in [0.4, 0.5) is 0 Å². The number of hydrogen-bond acceptors (Lipinski definition) is 14. The van der Waals surface area contributed by atoms with Crippen molar-refractivity contribution in [2.45, 2.75) is 54.8 Å². The van der Waals surface area contributed by atoms with Gasteiger partial charge in [0.15, 0.2) is 6.29 Å². The molecule has 0 saturated carbocycles. The van der Waals surface area contributed by atoms with Crippen molar-refractivity contribution in [1.29, 1.82) is 0 Å². The second-order valence-electron chi connectivity index (χ2n) is 6.62. The molecule has 2 aliphatic rings. The van der Waals surface area contributed by atoms with E-state index in [1.165, 1.54) is 0 Å². The molecular weight excluding hydrogens is 416 g/mol. The van der Waals surface area contributed by atoms with Gasteiger partial charge in [-0.3, -0.25) is 0 Å². The van der Waals surface area contributed by atoms with E-state index < -0.39 is 74.6 Å². The van der Waals surface area contributed by atoms with Gasteiger partial charge >= 0.3 is 0 Å². The first-order valence-corrected chi connectivity index (χ1v) is 9.26. The molecule has 0 aromatic heterocycles. The van der Waals surface area contributed by atoms with Crippen LogP contribution in [0.15, 0.2) is 0 Å². The first kappa shape index (κ1) is 27.5. The lowest BCUT2D eigenvalue weighted by molar-refractivity contribution is -0.383. The van der Waals surface area contributed by atoms with Crippen molar-refractivity contribution in [3.63, 3.8) is 0 Å². The summed E-state index contributed by atoms with van der Waals surface area (Å²) in [5.41, 5.74) is 0. The van der Waals surface area contributed by atoms with Crippen molar-refractivity contribution >= 4 is 0 Å². The summed E-state index contributed by atoms with van der Waals surface area (Å²) in [6.45, 7) is -1.63. The molecule has 10 N–H and O–H groups in total. The average Bonchev–Trinajstić information content (AvgIpc) is 3.00. The summed E-state index contributed by atoms with van der Waals surface area (Å²) in [6, 6.07) is 0. The summed E-state index contributed by atoms with van der Waals surface area (Å²) in [4.78, 5) is 0. The first-order chi connectivity index (χ1) is 14.2. The zero-order chi connectivity index (χ0) is 22.9. The molecule has 0 spiro atoms. The largest absolute Gasteiger partial charge is 0.394 e. The van der Waals surface area contributed by atoms with E-state index in [1.807, 2.05) is 0 Å². The molecule has 0 bridgehead atoms. The summed E-state index contributed by atoms with van der Waals surface area (Å²) < 4.78 is 20.1. The molecule has 9 atom stereocenters. The summed E-state index contributed by atoms with van der Waals surface area (Å²) in [7, 11) is 0. The van der Waals surface area contributed by atoms with E-state index in [0.29, 0.717) is 13.2 Å². The fraction of sp³-hybridized carbons (Fsp3) is 1.00. The zero-order valence-electron chi connectivity index (χ0n) is 16.2. The SMILES string of the molecule is OCCOCCO.OC[C@H]1O[C@@](CO)(O[C@H]2O[C@H](CO)[C@@H](O)[C@H](O)[C@H]2O)[C@@H](O)[C@@H]1O. The van der Waals surface area contributed by atoms with Crippen LogP contribution in [0.3, 0.4) is 0 Å². The van der Waals surface area contributed by atoms with Crippen molar-refractivity contribution in [1.82, 2.24) is 0 Å². The normalized spacial score (nSPS) is 41.4. The Morgan fingerprint density at radius 1 is 0.700 bits per heavy atom. The quantitative estimate of drug-likeness (QED) is 0.148. The minimum atomic E-state index is -2.22. The number of rotatable bonds is 9. The lowest BCUT2D eigenvalue weighted by atomic mass is 9.99. The van der Waals surface area contributed by atoms with Crippen LogP contribution in [0.1, 0.15) is 0 Å². The first-order valence-electron chi connectivity index (χ1n) is 9.26. The zero-order valence-corrected chi connectivity index (χ0v) is 16.2. The second kappa shape index (κ2) is 13.1. The maximum Gasteiger partial charge on any atom is 0.224 e. The molecule has 2 heterocycles. The molecule has 0 radical (unpaired) electrons. The van der Waals surface area contributed by atoms with Gasteiger partial charge in [0, 0.05) is 0 Å². The molecular formula is C16H32O14. The van der Waals surface area contributed by atoms with E-state index in [1.54, 1.807) is 0 Å². The Morgan fingerprint density at radius 2 is 1.27 bits per heavy atom.